The number of nitrogens with zero attached hydrogens (tertiary/aromatic N) is 6. The average molecular weight is 232 g/mol. The van der Waals surface area contributed by atoms with Gasteiger partial charge in [0.2, 0.25) is 0 Å². The van der Waals surface area contributed by atoms with Crippen LogP contribution in [0.2, 0.25) is 0 Å². The zero-order valence-electron chi connectivity index (χ0n) is 8.69. The monoisotopic (exact) mass is 232 g/mol. The molecule has 8 nitrogen and oxygen atoms in total. The van der Waals surface area contributed by atoms with Crippen LogP contribution in [0.25, 0.3) is 20.9 Å². The molecule has 17 heavy (non-hydrogen) atoms. The van der Waals surface area contributed by atoms with E-state index in [2.05, 4.69) is 20.1 Å². The molecule has 0 aliphatic carbocycles. The molecular weight excluding hydrogens is 224 g/mol. The van der Waals surface area contributed by atoms with Gasteiger partial charge < -0.3 is 5.11 Å². The summed E-state index contributed by atoms with van der Waals surface area (Å²) in [5, 5.41) is 15.6. The van der Waals surface area contributed by atoms with Crippen LogP contribution in [-0.2, 0) is 13.1 Å². The predicted molar refractivity (Wildman–Crippen MR) is 59.1 cm³/mol. The summed E-state index contributed by atoms with van der Waals surface area (Å²) in [4.78, 5) is 16.1. The van der Waals surface area contributed by atoms with Crippen LogP contribution in [0.4, 0.5) is 0 Å². The van der Waals surface area contributed by atoms with Gasteiger partial charge in [0.05, 0.1) is 18.7 Å². The third-order valence-electron chi connectivity index (χ3n) is 2.03. The Hall–Kier alpha value is -2.69. The van der Waals surface area contributed by atoms with Crippen molar-refractivity contribution in [3.05, 3.63) is 55.8 Å². The van der Waals surface area contributed by atoms with Gasteiger partial charge >= 0.3 is 5.97 Å². The molecule has 1 aromatic carbocycles. The van der Waals surface area contributed by atoms with E-state index in [0.717, 1.165) is 0 Å². The van der Waals surface area contributed by atoms with Gasteiger partial charge in [-0.2, -0.15) is 0 Å². The Balaban J connectivity index is 3.11. The minimum absolute atomic E-state index is 0.0278. The number of hydrogen-bond donors (Lipinski definition) is 1. The quantitative estimate of drug-likeness (QED) is 0.474. The molecule has 86 valence electrons. The van der Waals surface area contributed by atoms with Crippen LogP contribution < -0.4 is 0 Å². The highest BCUT2D eigenvalue weighted by Gasteiger charge is 2.09. The van der Waals surface area contributed by atoms with Crippen molar-refractivity contribution >= 4 is 5.97 Å². The van der Waals surface area contributed by atoms with Gasteiger partial charge in [0, 0.05) is 9.82 Å². The SMILES string of the molecule is [N-]=[N+]=NCc1ccc(CN=[N+]=[N-])c(C(=O)O)c1. The molecule has 1 aromatic rings. The molecule has 0 aliphatic heterocycles. The fourth-order valence-electron chi connectivity index (χ4n) is 1.28. The fraction of sp³-hybridized carbons (Fsp3) is 0.222. The topological polar surface area (TPSA) is 135 Å². The van der Waals surface area contributed by atoms with Gasteiger partial charge in [0.15, 0.2) is 0 Å². The first-order valence-corrected chi connectivity index (χ1v) is 4.56. The average Bonchev–Trinajstić information content (AvgIpc) is 2.34. The van der Waals surface area contributed by atoms with Crippen molar-refractivity contribution in [2.75, 3.05) is 0 Å². The first-order chi connectivity index (χ1) is 8.19. The van der Waals surface area contributed by atoms with Crippen molar-refractivity contribution in [2.45, 2.75) is 13.1 Å². The van der Waals surface area contributed by atoms with E-state index in [1.165, 1.54) is 6.07 Å². The summed E-state index contributed by atoms with van der Waals surface area (Å²) < 4.78 is 0. The van der Waals surface area contributed by atoms with Crippen molar-refractivity contribution in [1.29, 1.82) is 0 Å². The number of benzene rings is 1. The Morgan fingerprint density at radius 2 is 1.88 bits per heavy atom. The van der Waals surface area contributed by atoms with E-state index < -0.39 is 5.97 Å². The maximum absolute atomic E-state index is 11.0. The van der Waals surface area contributed by atoms with Gasteiger partial charge in [0.25, 0.3) is 0 Å². The van der Waals surface area contributed by atoms with Crippen LogP contribution in [0, 0.1) is 0 Å². The van der Waals surface area contributed by atoms with Crippen LogP contribution in [0.5, 0.6) is 0 Å². The van der Waals surface area contributed by atoms with Crippen LogP contribution >= 0.6 is 0 Å². The summed E-state index contributed by atoms with van der Waals surface area (Å²) in [5.41, 5.74) is 17.4. The van der Waals surface area contributed by atoms with Crippen molar-refractivity contribution in [1.82, 2.24) is 0 Å². The van der Waals surface area contributed by atoms with Gasteiger partial charge in [-0.15, -0.1) is 0 Å². The Morgan fingerprint density at radius 3 is 2.47 bits per heavy atom. The fourth-order valence-corrected chi connectivity index (χ4v) is 1.28. The minimum Gasteiger partial charge on any atom is -0.478 e. The summed E-state index contributed by atoms with van der Waals surface area (Å²) in [6.07, 6.45) is 0. The van der Waals surface area contributed by atoms with E-state index in [0.29, 0.717) is 11.1 Å². The maximum atomic E-state index is 11.0. The first-order valence-electron chi connectivity index (χ1n) is 4.56. The number of rotatable bonds is 5. The van der Waals surface area contributed by atoms with Gasteiger partial charge in [-0.05, 0) is 28.3 Å². The number of carboxylic acids is 1. The molecule has 0 unspecified atom stereocenters. The molecular formula is C9H8N6O2. The Labute approximate surface area is 95.7 Å². The zero-order valence-corrected chi connectivity index (χ0v) is 8.69. The van der Waals surface area contributed by atoms with Crippen molar-refractivity contribution in [3.63, 3.8) is 0 Å². The lowest BCUT2D eigenvalue weighted by Crippen LogP contribution is -2.03. The van der Waals surface area contributed by atoms with E-state index >= 15 is 0 Å². The molecule has 1 N–H and O–H groups in total. The molecule has 0 aliphatic rings. The van der Waals surface area contributed by atoms with Gasteiger partial charge in [-0.25, -0.2) is 4.79 Å². The number of carbonyl (C=O) groups is 1. The van der Waals surface area contributed by atoms with Gasteiger partial charge in [0.1, 0.15) is 0 Å². The highest BCUT2D eigenvalue weighted by molar-refractivity contribution is 5.89. The molecule has 0 amide bonds. The molecule has 0 bridgehead atoms. The standard InChI is InChI=1S/C9H8N6O2/c10-14-12-4-6-1-2-7(5-13-15-11)8(3-6)9(16)17/h1-3H,4-5H2,(H,16,17). The summed E-state index contributed by atoms with van der Waals surface area (Å²) in [7, 11) is 0. The van der Waals surface area contributed by atoms with E-state index in [1.807, 2.05) is 0 Å². The molecule has 0 spiro atoms. The van der Waals surface area contributed by atoms with Gasteiger partial charge in [-0.1, -0.05) is 22.4 Å². The predicted octanol–water partition coefficient (Wildman–Crippen LogP) is 3.01. The number of azide groups is 2. The second-order valence-electron chi connectivity index (χ2n) is 3.07. The van der Waals surface area contributed by atoms with Crippen molar-refractivity contribution in [2.24, 2.45) is 10.2 Å². The van der Waals surface area contributed by atoms with E-state index in [4.69, 9.17) is 16.2 Å². The Bertz CT molecular complexity index is 528. The molecule has 0 saturated heterocycles. The van der Waals surface area contributed by atoms with Crippen LogP contribution in [-0.4, -0.2) is 11.1 Å². The summed E-state index contributed by atoms with van der Waals surface area (Å²) >= 11 is 0. The largest absolute Gasteiger partial charge is 0.478 e. The third kappa shape index (κ3) is 3.42. The van der Waals surface area contributed by atoms with E-state index in [-0.39, 0.29) is 18.7 Å². The lowest BCUT2D eigenvalue weighted by Gasteiger charge is -2.05. The van der Waals surface area contributed by atoms with Gasteiger partial charge in [-0.3, -0.25) is 0 Å². The van der Waals surface area contributed by atoms with Crippen molar-refractivity contribution < 1.29 is 9.90 Å². The number of carboxylic acid groups (broad SMARTS) is 1. The number of aromatic carboxylic acids is 1. The molecule has 0 saturated carbocycles. The van der Waals surface area contributed by atoms with Crippen LogP contribution in [0.15, 0.2) is 28.4 Å². The zero-order chi connectivity index (χ0) is 12.7. The second kappa shape index (κ2) is 6.02. The summed E-state index contributed by atoms with van der Waals surface area (Å²) in [5.74, 6) is -1.11. The molecule has 0 aromatic heterocycles. The first kappa shape index (κ1) is 12.4. The van der Waals surface area contributed by atoms with Crippen molar-refractivity contribution in [3.8, 4) is 0 Å². The van der Waals surface area contributed by atoms with E-state index in [9.17, 15) is 4.79 Å². The van der Waals surface area contributed by atoms with E-state index in [1.54, 1.807) is 12.1 Å². The minimum atomic E-state index is -1.11. The Morgan fingerprint density at radius 1 is 1.24 bits per heavy atom. The lowest BCUT2D eigenvalue weighted by atomic mass is 10.0. The summed E-state index contributed by atoms with van der Waals surface area (Å²) in [6, 6.07) is 4.57. The molecule has 8 heteroatoms. The number of hydrogen-bond acceptors (Lipinski definition) is 3. The molecule has 0 fully saturated rings. The molecule has 0 heterocycles. The second-order valence-corrected chi connectivity index (χ2v) is 3.07. The smallest absolute Gasteiger partial charge is 0.335 e. The van der Waals surface area contributed by atoms with Crippen LogP contribution in [0.1, 0.15) is 21.5 Å². The highest BCUT2D eigenvalue weighted by Crippen LogP contribution is 2.14. The maximum Gasteiger partial charge on any atom is 0.335 e. The highest BCUT2D eigenvalue weighted by atomic mass is 16.4. The summed E-state index contributed by atoms with van der Waals surface area (Å²) in [6.45, 7) is 0.0541. The molecule has 0 radical (unpaired) electrons. The Kier molecular flexibility index (Phi) is 4.38. The molecule has 0 atom stereocenters. The third-order valence-corrected chi connectivity index (χ3v) is 2.03. The lowest BCUT2D eigenvalue weighted by molar-refractivity contribution is 0.0695. The molecule has 1 rings (SSSR count). The normalized spacial score (nSPS) is 8.94. The van der Waals surface area contributed by atoms with Crippen LogP contribution in [0.3, 0.4) is 0 Å².